The highest BCUT2D eigenvalue weighted by Crippen LogP contribution is 2.37. The molecule has 0 atom stereocenters. The van der Waals surface area contributed by atoms with Crippen LogP contribution in [0.4, 0.5) is 5.82 Å². The zero-order valence-corrected chi connectivity index (χ0v) is 23.5. The van der Waals surface area contributed by atoms with E-state index in [9.17, 15) is 25.2 Å². The molecule has 2 N–H and O–H groups in total. The van der Waals surface area contributed by atoms with Crippen molar-refractivity contribution in [1.82, 2.24) is 9.97 Å². The van der Waals surface area contributed by atoms with Crippen LogP contribution in [0.2, 0.25) is 5.02 Å². The molecule has 4 rings (SSSR count). The first-order chi connectivity index (χ1) is 19.8. The molecule has 4 aromatic rings. The maximum absolute atomic E-state index is 11.3. The first kappa shape index (κ1) is 29.4. The second-order valence-electron chi connectivity index (χ2n) is 8.23. The summed E-state index contributed by atoms with van der Waals surface area (Å²) in [6.45, 7) is -0.156. The van der Waals surface area contributed by atoms with Crippen molar-refractivity contribution in [2.24, 2.45) is 0 Å². The molecule has 10 nitrogen and oxygen atoms in total. The summed E-state index contributed by atoms with van der Waals surface area (Å²) < 4.78 is 10.3. The Morgan fingerprint density at radius 3 is 2.34 bits per heavy atom. The predicted octanol–water partition coefficient (Wildman–Crippen LogP) is 4.21. The molecule has 0 amide bonds. The molecule has 0 aliphatic carbocycles. The Kier molecular flexibility index (Phi) is 9.77. The topological polar surface area (TPSA) is 175 Å². The summed E-state index contributed by atoms with van der Waals surface area (Å²) in [4.78, 5) is 30.7. The molecule has 13 heteroatoms. The van der Waals surface area contributed by atoms with Gasteiger partial charge in [0.15, 0.2) is 0 Å². The lowest BCUT2D eigenvalue weighted by Gasteiger charge is -2.13. The molecular weight excluding hydrogens is 586 g/mol. The number of anilines is 1. The number of nitrogens with zero attached hydrogens (tertiary/aromatic N) is 4. The first-order valence-corrected chi connectivity index (χ1v) is 14.1. The molecule has 2 heterocycles. The van der Waals surface area contributed by atoms with Crippen LogP contribution in [0.25, 0.3) is 21.7 Å². The lowest BCUT2D eigenvalue weighted by Crippen LogP contribution is -2.26. The van der Waals surface area contributed by atoms with E-state index in [0.717, 1.165) is 16.3 Å². The monoisotopic (exact) mass is 604 g/mol. The van der Waals surface area contributed by atoms with Gasteiger partial charge in [0.25, 0.3) is 0 Å². The average molecular weight is 605 g/mol. The van der Waals surface area contributed by atoms with Gasteiger partial charge in [-0.2, -0.15) is 10.5 Å². The quantitative estimate of drug-likeness (QED) is 0.112. The number of esters is 1. The number of halogens is 1. The van der Waals surface area contributed by atoms with Gasteiger partial charge in [-0.15, -0.1) is 11.3 Å². The minimum Gasteiger partial charge on any atom is -0.550 e. The minimum absolute atomic E-state index is 0.00262. The number of ether oxygens (including phenoxy) is 2. The number of carbonyl (C=O) groups excluding carboxylic acids is 2. The SMILES string of the molecule is N#Cc1c(N)nc(SCc2csc(-c3ccc(Cl)cc3)n2)c(C#N)c1-c1ccc(OCCOC(=O)CC(=O)[O-])cc1. The van der Waals surface area contributed by atoms with Gasteiger partial charge in [-0.1, -0.05) is 47.6 Å². The number of carbonyl (C=O) groups is 2. The standard InChI is InChI=1S/C28H20ClN5O5S2/c29-18-5-1-17(2-6-18)27-33-19(14-40-27)15-41-28-22(13-31)25(21(12-30)26(32)34-28)16-3-7-20(8-4-16)38-9-10-39-24(37)11-23(35)36/h1-8,14H,9-11,15H2,(H2,32,34)(H,35,36)/p-1. The van der Waals surface area contributed by atoms with E-state index in [1.54, 1.807) is 36.4 Å². The van der Waals surface area contributed by atoms with E-state index in [-0.39, 0.29) is 30.2 Å². The fourth-order valence-corrected chi connectivity index (χ4v) is 5.58. The number of pyridine rings is 1. The number of hydrogen-bond acceptors (Lipinski definition) is 12. The lowest BCUT2D eigenvalue weighted by atomic mass is 9.97. The largest absolute Gasteiger partial charge is 0.550 e. The summed E-state index contributed by atoms with van der Waals surface area (Å²) in [6.07, 6.45) is -0.833. The molecule has 0 unspecified atom stereocenters. The van der Waals surface area contributed by atoms with Crippen molar-refractivity contribution in [2.75, 3.05) is 18.9 Å². The molecule has 0 aliphatic heterocycles. The summed E-state index contributed by atoms with van der Waals surface area (Å²) in [5.74, 6) is -1.58. The first-order valence-electron chi connectivity index (χ1n) is 11.8. The van der Waals surface area contributed by atoms with Gasteiger partial charge in [-0.3, -0.25) is 4.79 Å². The van der Waals surface area contributed by atoms with Crippen molar-refractivity contribution >= 4 is 52.5 Å². The maximum Gasteiger partial charge on any atom is 0.311 e. The smallest absolute Gasteiger partial charge is 0.311 e. The highest BCUT2D eigenvalue weighted by Gasteiger charge is 2.21. The van der Waals surface area contributed by atoms with Gasteiger partial charge in [0.05, 0.1) is 23.6 Å². The van der Waals surface area contributed by atoms with Crippen LogP contribution in [-0.2, 0) is 20.1 Å². The molecule has 41 heavy (non-hydrogen) atoms. The Hall–Kier alpha value is -4.62. The third-order valence-electron chi connectivity index (χ3n) is 5.46. The van der Waals surface area contributed by atoms with E-state index >= 15 is 0 Å². The van der Waals surface area contributed by atoms with E-state index in [1.807, 2.05) is 17.5 Å². The van der Waals surface area contributed by atoms with E-state index < -0.39 is 18.4 Å². The number of aromatic nitrogens is 2. The normalized spacial score (nSPS) is 10.4. The summed E-state index contributed by atoms with van der Waals surface area (Å²) in [5.41, 5.74) is 9.08. The Morgan fingerprint density at radius 2 is 1.68 bits per heavy atom. The number of rotatable bonds is 11. The fraction of sp³-hybridized carbons (Fsp3) is 0.143. The van der Waals surface area contributed by atoms with Crippen LogP contribution in [0.3, 0.4) is 0 Å². The number of nitrogen functional groups attached to an aromatic ring is 1. The highest BCUT2D eigenvalue weighted by molar-refractivity contribution is 7.98. The van der Waals surface area contributed by atoms with Crippen molar-refractivity contribution < 1.29 is 24.2 Å². The van der Waals surface area contributed by atoms with Crippen LogP contribution < -0.4 is 15.6 Å². The van der Waals surface area contributed by atoms with E-state index in [4.69, 9.17) is 26.8 Å². The molecule has 0 bridgehead atoms. The Morgan fingerprint density at radius 1 is 1.00 bits per heavy atom. The van der Waals surface area contributed by atoms with E-state index in [2.05, 4.69) is 22.1 Å². The zero-order chi connectivity index (χ0) is 29.4. The second kappa shape index (κ2) is 13.6. The summed E-state index contributed by atoms with van der Waals surface area (Å²) >= 11 is 8.76. The molecule has 2 aromatic heterocycles. The van der Waals surface area contributed by atoms with Crippen molar-refractivity contribution in [1.29, 1.82) is 10.5 Å². The molecule has 0 saturated heterocycles. The highest BCUT2D eigenvalue weighted by atomic mass is 35.5. The molecule has 0 spiro atoms. The van der Waals surface area contributed by atoms with Crippen molar-refractivity contribution in [3.8, 4) is 39.6 Å². The Bertz CT molecular complexity index is 1660. The van der Waals surface area contributed by atoms with Gasteiger partial charge in [0.2, 0.25) is 0 Å². The van der Waals surface area contributed by atoms with Crippen LogP contribution in [0.5, 0.6) is 5.75 Å². The number of thiazole rings is 1. The summed E-state index contributed by atoms with van der Waals surface area (Å²) in [6, 6.07) is 18.2. The summed E-state index contributed by atoms with van der Waals surface area (Å²) in [7, 11) is 0. The predicted molar refractivity (Wildman–Crippen MR) is 152 cm³/mol. The third kappa shape index (κ3) is 7.52. The second-order valence-corrected chi connectivity index (χ2v) is 10.5. The van der Waals surface area contributed by atoms with Gasteiger partial charge in [0, 0.05) is 27.3 Å². The third-order valence-corrected chi connectivity index (χ3v) is 7.66. The van der Waals surface area contributed by atoms with E-state index in [1.165, 1.54) is 23.1 Å². The summed E-state index contributed by atoms with van der Waals surface area (Å²) in [5, 5.41) is 34.0. The van der Waals surface area contributed by atoms with Gasteiger partial charge < -0.3 is 25.1 Å². The molecule has 2 aromatic carbocycles. The number of thioether (sulfide) groups is 1. The average Bonchev–Trinajstić information content (AvgIpc) is 3.43. The minimum atomic E-state index is -1.52. The number of hydrogen-bond donors (Lipinski definition) is 1. The van der Waals surface area contributed by atoms with Crippen LogP contribution in [0.1, 0.15) is 23.2 Å². The van der Waals surface area contributed by atoms with Gasteiger partial charge in [-0.05, 0) is 29.8 Å². The van der Waals surface area contributed by atoms with Crippen molar-refractivity contribution in [3.05, 3.63) is 75.8 Å². The number of aliphatic carboxylic acids is 1. The molecular formula is C28H19ClN5O5S2-. The number of carboxylic acid groups (broad SMARTS) is 1. The fourth-order valence-electron chi connectivity index (χ4n) is 3.63. The Balaban J connectivity index is 1.49. The number of nitrogens with two attached hydrogens (primary N) is 1. The molecule has 0 saturated carbocycles. The molecule has 0 aliphatic rings. The number of benzene rings is 2. The number of nitriles is 2. The molecule has 0 fully saturated rings. The van der Waals surface area contributed by atoms with Gasteiger partial charge >= 0.3 is 5.97 Å². The molecule has 206 valence electrons. The lowest BCUT2D eigenvalue weighted by molar-refractivity contribution is -0.305. The van der Waals surface area contributed by atoms with E-state index in [0.29, 0.717) is 32.7 Å². The van der Waals surface area contributed by atoms with Crippen LogP contribution in [0, 0.1) is 22.7 Å². The zero-order valence-electron chi connectivity index (χ0n) is 21.1. The molecule has 0 radical (unpaired) electrons. The van der Waals surface area contributed by atoms with Crippen LogP contribution >= 0.6 is 34.7 Å². The Labute approximate surface area is 247 Å². The van der Waals surface area contributed by atoms with Crippen molar-refractivity contribution in [2.45, 2.75) is 17.2 Å². The van der Waals surface area contributed by atoms with Crippen LogP contribution in [0.15, 0.2) is 58.9 Å². The van der Waals surface area contributed by atoms with Crippen LogP contribution in [-0.4, -0.2) is 35.1 Å². The maximum atomic E-state index is 11.3. The number of carboxylic acids is 1. The van der Waals surface area contributed by atoms with Crippen molar-refractivity contribution in [3.63, 3.8) is 0 Å². The van der Waals surface area contributed by atoms with Gasteiger partial charge in [0.1, 0.15) is 52.5 Å². The van der Waals surface area contributed by atoms with Gasteiger partial charge in [-0.25, -0.2) is 9.97 Å².